The molecule has 0 radical (unpaired) electrons. The zero-order valence-corrected chi connectivity index (χ0v) is 24.3. The Labute approximate surface area is 245 Å². The number of carboxylic acids is 1. The minimum absolute atomic E-state index is 0.0329. The van der Waals surface area contributed by atoms with Gasteiger partial charge in [-0.15, -0.1) is 0 Å². The predicted molar refractivity (Wildman–Crippen MR) is 161 cm³/mol. The summed E-state index contributed by atoms with van der Waals surface area (Å²) in [6, 6.07) is 3.26. The Balaban J connectivity index is 2.20. The van der Waals surface area contributed by atoms with E-state index in [2.05, 4.69) is 25.9 Å². The Morgan fingerprint density at radius 3 is 2.10 bits per heavy atom. The Hall–Kier alpha value is -4.17. The van der Waals surface area contributed by atoms with Crippen LogP contribution >= 0.6 is 0 Å². The van der Waals surface area contributed by atoms with Gasteiger partial charge in [0.1, 0.15) is 18.1 Å². The first-order valence-electron chi connectivity index (χ1n) is 14.1. The van der Waals surface area contributed by atoms with Crippen LogP contribution in [-0.4, -0.2) is 77.0 Å². The number of nitrogens with one attached hydrogen (secondary N) is 4. The Kier molecular flexibility index (Phi) is 13.7. The fourth-order valence-electron chi connectivity index (χ4n) is 4.37. The molecule has 2 rings (SSSR count). The molecule has 0 aliphatic carbocycles. The van der Waals surface area contributed by atoms with Crippen molar-refractivity contribution >= 4 is 40.6 Å². The molecule has 0 aliphatic rings. The van der Waals surface area contributed by atoms with E-state index in [9.17, 15) is 24.3 Å². The van der Waals surface area contributed by atoms with Crippen molar-refractivity contribution in [1.29, 1.82) is 0 Å². The smallest absolute Gasteiger partial charge is 0.326 e. The normalized spacial score (nSPS) is 14.0. The van der Waals surface area contributed by atoms with Gasteiger partial charge in [-0.25, -0.2) is 4.79 Å². The molecule has 3 amide bonds. The minimum atomic E-state index is -1.25. The fraction of sp³-hybridized carbons (Fsp3) is 0.536. The number of unbranched alkanes of at least 4 members (excludes halogenated alkanes) is 1. The van der Waals surface area contributed by atoms with Crippen LogP contribution in [0.15, 0.2) is 35.5 Å². The number of hydrogen-bond donors (Lipinski definition) is 9. The lowest BCUT2D eigenvalue weighted by Crippen LogP contribution is -2.57. The SMILES string of the molecule is CC(C)C(N)C(=O)NC(CCCN=C(N)N)C(=O)NC(CCCCN)C(=O)NC(Cc1c[nH]c2ccccc12)C(=O)O. The largest absolute Gasteiger partial charge is 0.480 e. The molecule has 0 saturated heterocycles. The maximum atomic E-state index is 13.4. The molecule has 2 aromatic rings. The van der Waals surface area contributed by atoms with Crippen molar-refractivity contribution in [3.05, 3.63) is 36.0 Å². The summed E-state index contributed by atoms with van der Waals surface area (Å²) < 4.78 is 0. The van der Waals surface area contributed by atoms with Crippen molar-refractivity contribution in [3.8, 4) is 0 Å². The third-order valence-corrected chi connectivity index (χ3v) is 6.89. The number of fused-ring (bicyclic) bond motifs is 1. The second kappa shape index (κ2) is 16.9. The molecule has 0 spiro atoms. The average Bonchev–Trinajstić information content (AvgIpc) is 3.35. The number of amides is 3. The zero-order chi connectivity index (χ0) is 31.2. The van der Waals surface area contributed by atoms with Gasteiger partial charge in [-0.1, -0.05) is 32.0 Å². The van der Waals surface area contributed by atoms with Crippen LogP contribution < -0.4 is 38.9 Å². The number of nitrogens with two attached hydrogens (primary N) is 4. The molecule has 0 aliphatic heterocycles. The second-order valence-electron chi connectivity index (χ2n) is 10.6. The van der Waals surface area contributed by atoms with E-state index in [4.69, 9.17) is 22.9 Å². The lowest BCUT2D eigenvalue weighted by atomic mass is 10.0. The molecule has 0 fully saturated rings. The molecule has 14 nitrogen and oxygen atoms in total. The van der Waals surface area contributed by atoms with Crippen LogP contribution in [0.4, 0.5) is 0 Å². The molecule has 42 heavy (non-hydrogen) atoms. The molecule has 1 aromatic carbocycles. The summed E-state index contributed by atoms with van der Waals surface area (Å²) in [7, 11) is 0. The number of aromatic nitrogens is 1. The van der Waals surface area contributed by atoms with Gasteiger partial charge in [0.15, 0.2) is 5.96 Å². The van der Waals surface area contributed by atoms with Crippen LogP contribution in [-0.2, 0) is 25.6 Å². The molecule has 1 heterocycles. The number of hydrogen-bond acceptors (Lipinski definition) is 7. The van der Waals surface area contributed by atoms with E-state index in [1.165, 1.54) is 0 Å². The maximum Gasteiger partial charge on any atom is 0.326 e. The van der Waals surface area contributed by atoms with E-state index in [0.29, 0.717) is 25.8 Å². The minimum Gasteiger partial charge on any atom is -0.480 e. The highest BCUT2D eigenvalue weighted by molar-refractivity contribution is 5.94. The maximum absolute atomic E-state index is 13.4. The highest BCUT2D eigenvalue weighted by Gasteiger charge is 2.31. The van der Waals surface area contributed by atoms with Gasteiger partial charge in [-0.3, -0.25) is 19.4 Å². The molecule has 14 heteroatoms. The Morgan fingerprint density at radius 2 is 1.50 bits per heavy atom. The fourth-order valence-corrected chi connectivity index (χ4v) is 4.37. The monoisotopic (exact) mass is 587 g/mol. The van der Waals surface area contributed by atoms with E-state index in [-0.39, 0.29) is 37.7 Å². The van der Waals surface area contributed by atoms with E-state index < -0.39 is 47.9 Å². The number of rotatable bonds is 18. The quantitative estimate of drug-likeness (QED) is 0.0613. The Morgan fingerprint density at radius 1 is 0.905 bits per heavy atom. The first-order valence-corrected chi connectivity index (χ1v) is 14.1. The highest BCUT2D eigenvalue weighted by atomic mass is 16.4. The number of H-pyrrole nitrogens is 1. The van der Waals surface area contributed by atoms with Crippen molar-refractivity contribution in [2.75, 3.05) is 13.1 Å². The summed E-state index contributed by atoms with van der Waals surface area (Å²) in [5, 5.41) is 18.7. The zero-order valence-electron chi connectivity index (χ0n) is 24.3. The van der Waals surface area contributed by atoms with Crippen LogP contribution in [0, 0.1) is 5.92 Å². The van der Waals surface area contributed by atoms with Crippen LogP contribution in [0.2, 0.25) is 0 Å². The summed E-state index contributed by atoms with van der Waals surface area (Å²) in [6.45, 7) is 4.18. The Bertz CT molecular complexity index is 1230. The van der Waals surface area contributed by atoms with Crippen molar-refractivity contribution in [2.45, 2.75) is 76.5 Å². The molecule has 13 N–H and O–H groups in total. The molecule has 0 saturated carbocycles. The van der Waals surface area contributed by atoms with Crippen LogP contribution in [0.1, 0.15) is 51.5 Å². The van der Waals surface area contributed by atoms with Crippen molar-refractivity contribution in [1.82, 2.24) is 20.9 Å². The van der Waals surface area contributed by atoms with Gasteiger partial charge < -0.3 is 49.0 Å². The molecule has 232 valence electrons. The molecule has 1 aromatic heterocycles. The molecule has 4 unspecified atom stereocenters. The number of carbonyl (C=O) groups excluding carboxylic acids is 3. The number of benzene rings is 1. The number of aliphatic imine (C=N–C) groups is 1. The highest BCUT2D eigenvalue weighted by Crippen LogP contribution is 2.19. The van der Waals surface area contributed by atoms with Crippen molar-refractivity contribution in [2.24, 2.45) is 33.8 Å². The van der Waals surface area contributed by atoms with E-state index in [1.54, 1.807) is 20.0 Å². The topological polar surface area (TPSA) is 257 Å². The molecular weight excluding hydrogens is 542 g/mol. The van der Waals surface area contributed by atoms with Gasteiger partial charge in [0.25, 0.3) is 0 Å². The lowest BCUT2D eigenvalue weighted by Gasteiger charge is -2.26. The number of nitrogens with zero attached hydrogens (tertiary/aromatic N) is 1. The lowest BCUT2D eigenvalue weighted by molar-refractivity contribution is -0.142. The van der Waals surface area contributed by atoms with Gasteiger partial charge in [0, 0.05) is 30.1 Å². The first kappa shape index (κ1) is 34.0. The summed E-state index contributed by atoms with van der Waals surface area (Å²) >= 11 is 0. The number of aliphatic carboxylic acids is 1. The number of carboxylic acid groups (broad SMARTS) is 1. The summed E-state index contributed by atoms with van der Waals surface area (Å²) in [5.74, 6) is -3.26. The van der Waals surface area contributed by atoms with Gasteiger partial charge in [-0.2, -0.15) is 0 Å². The van der Waals surface area contributed by atoms with Gasteiger partial charge >= 0.3 is 5.97 Å². The van der Waals surface area contributed by atoms with Crippen molar-refractivity contribution < 1.29 is 24.3 Å². The molecule has 4 atom stereocenters. The average molecular weight is 588 g/mol. The second-order valence-corrected chi connectivity index (χ2v) is 10.6. The third-order valence-electron chi connectivity index (χ3n) is 6.89. The summed E-state index contributed by atoms with van der Waals surface area (Å²) in [6.07, 6.45) is 3.61. The summed E-state index contributed by atoms with van der Waals surface area (Å²) in [5.41, 5.74) is 23.9. The number of para-hydroxylation sites is 1. The van der Waals surface area contributed by atoms with E-state index in [1.807, 2.05) is 24.3 Å². The van der Waals surface area contributed by atoms with Crippen LogP contribution in [0.25, 0.3) is 10.9 Å². The van der Waals surface area contributed by atoms with E-state index >= 15 is 0 Å². The van der Waals surface area contributed by atoms with Gasteiger partial charge in [-0.05, 0) is 56.2 Å². The number of guanidine groups is 1. The molecule has 0 bridgehead atoms. The third kappa shape index (κ3) is 10.7. The predicted octanol–water partition coefficient (Wildman–Crippen LogP) is -0.585. The summed E-state index contributed by atoms with van der Waals surface area (Å²) in [4.78, 5) is 58.6. The van der Waals surface area contributed by atoms with Crippen molar-refractivity contribution in [3.63, 3.8) is 0 Å². The van der Waals surface area contributed by atoms with Gasteiger partial charge in [0.05, 0.1) is 6.04 Å². The number of aromatic amines is 1. The number of carbonyl (C=O) groups is 4. The first-order chi connectivity index (χ1) is 19.9. The van der Waals surface area contributed by atoms with Crippen LogP contribution in [0.5, 0.6) is 0 Å². The van der Waals surface area contributed by atoms with Crippen LogP contribution in [0.3, 0.4) is 0 Å². The van der Waals surface area contributed by atoms with E-state index in [0.717, 1.165) is 16.5 Å². The van der Waals surface area contributed by atoms with Gasteiger partial charge in [0.2, 0.25) is 17.7 Å². The standard InChI is InChI=1S/C28H45N9O5/c1-16(2)23(30)26(40)36-21(11-7-13-33-28(31)32)24(38)35-20(10-5-6-12-29)25(39)37-22(27(41)42)14-17-15-34-19-9-4-3-8-18(17)19/h3-4,8-9,15-16,20-23,34H,5-7,10-14,29-30H2,1-2H3,(H,35,38)(H,36,40)(H,37,39)(H,41,42)(H4,31,32,33). The molecular formula is C28H45N9O5.